The monoisotopic (exact) mass is 301 g/mol. The second-order valence-electron chi connectivity index (χ2n) is 4.78. The number of nitrogens with two attached hydrogens (primary N) is 1. The lowest BCUT2D eigenvalue weighted by Crippen LogP contribution is -2.12. The molecule has 108 valence electrons. The molecule has 2 aromatic carbocycles. The lowest BCUT2D eigenvalue weighted by atomic mass is 10.1. The quantitative estimate of drug-likeness (QED) is 0.691. The van der Waals surface area contributed by atoms with E-state index in [1.807, 2.05) is 36.5 Å². The van der Waals surface area contributed by atoms with Gasteiger partial charge in [0.2, 0.25) is 10.0 Å². The Morgan fingerprint density at radius 1 is 1.10 bits per heavy atom. The molecule has 0 saturated heterocycles. The van der Waals surface area contributed by atoms with Gasteiger partial charge in [-0.15, -0.1) is 0 Å². The summed E-state index contributed by atoms with van der Waals surface area (Å²) in [5.41, 5.74) is 2.93. The largest absolute Gasteiger partial charge is 0.381 e. The van der Waals surface area contributed by atoms with Gasteiger partial charge in [-0.1, -0.05) is 18.2 Å². The molecule has 3 rings (SSSR count). The Kier molecular flexibility index (Phi) is 3.40. The Morgan fingerprint density at radius 3 is 2.71 bits per heavy atom. The van der Waals surface area contributed by atoms with E-state index in [1.165, 1.54) is 12.1 Å². The third-order valence-electron chi connectivity index (χ3n) is 3.33. The molecular formula is C15H15N3O2S. The lowest BCUT2D eigenvalue weighted by molar-refractivity contribution is 0.598. The number of anilines is 1. The Labute approximate surface area is 122 Å². The maximum atomic E-state index is 11.3. The summed E-state index contributed by atoms with van der Waals surface area (Å²) in [6.07, 6.45) is 1.90. The third-order valence-corrected chi connectivity index (χ3v) is 4.24. The first-order valence-electron chi connectivity index (χ1n) is 6.46. The molecule has 0 aliphatic heterocycles. The Morgan fingerprint density at radius 2 is 1.90 bits per heavy atom. The van der Waals surface area contributed by atoms with Crippen molar-refractivity contribution in [3.05, 3.63) is 60.3 Å². The van der Waals surface area contributed by atoms with E-state index in [0.29, 0.717) is 12.2 Å². The maximum absolute atomic E-state index is 11.3. The molecule has 1 aromatic heterocycles. The van der Waals surface area contributed by atoms with Crippen LogP contribution in [0.25, 0.3) is 10.9 Å². The molecule has 0 spiro atoms. The molecule has 5 nitrogen and oxygen atoms in total. The van der Waals surface area contributed by atoms with Crippen molar-refractivity contribution in [2.24, 2.45) is 5.14 Å². The first kappa shape index (κ1) is 13.7. The van der Waals surface area contributed by atoms with Gasteiger partial charge >= 0.3 is 0 Å². The van der Waals surface area contributed by atoms with E-state index in [2.05, 4.69) is 10.3 Å². The summed E-state index contributed by atoms with van der Waals surface area (Å²) >= 11 is 0. The molecule has 0 radical (unpaired) electrons. The van der Waals surface area contributed by atoms with E-state index < -0.39 is 10.0 Å². The Balaban J connectivity index is 1.84. The highest BCUT2D eigenvalue weighted by Gasteiger charge is 2.08. The molecule has 0 atom stereocenters. The van der Waals surface area contributed by atoms with Gasteiger partial charge in [-0.2, -0.15) is 0 Å². The molecule has 4 N–H and O–H groups in total. The fourth-order valence-corrected chi connectivity index (χ4v) is 2.84. The fraction of sp³-hybridized carbons (Fsp3) is 0.0667. The van der Waals surface area contributed by atoms with Crippen LogP contribution in [0.1, 0.15) is 5.56 Å². The smallest absolute Gasteiger partial charge is 0.238 e. The molecule has 21 heavy (non-hydrogen) atoms. The summed E-state index contributed by atoms with van der Waals surface area (Å²) < 4.78 is 22.7. The van der Waals surface area contributed by atoms with Gasteiger partial charge in [-0.3, -0.25) is 0 Å². The highest BCUT2D eigenvalue weighted by atomic mass is 32.2. The van der Waals surface area contributed by atoms with Crippen molar-refractivity contribution < 1.29 is 8.42 Å². The zero-order valence-corrected chi connectivity index (χ0v) is 12.0. The van der Waals surface area contributed by atoms with E-state index in [4.69, 9.17) is 5.14 Å². The summed E-state index contributed by atoms with van der Waals surface area (Å²) in [7, 11) is -3.68. The molecular weight excluding hydrogens is 286 g/mol. The molecule has 0 fully saturated rings. The van der Waals surface area contributed by atoms with E-state index in [0.717, 1.165) is 16.5 Å². The van der Waals surface area contributed by atoms with E-state index in [9.17, 15) is 8.42 Å². The van der Waals surface area contributed by atoms with Gasteiger partial charge in [-0.25, -0.2) is 13.6 Å². The standard InChI is InChI=1S/C15H15N3O2S/c16-21(19,20)13-5-2-4-12(9-13)18-10-11-3-1-6-15-14(11)7-8-17-15/h1-9,17-18H,10H2,(H2,16,19,20). The minimum atomic E-state index is -3.68. The van der Waals surface area contributed by atoms with Gasteiger partial charge in [-0.05, 0) is 35.9 Å². The normalized spacial score (nSPS) is 11.7. The molecule has 0 saturated carbocycles. The van der Waals surface area contributed by atoms with Crippen LogP contribution in [0, 0.1) is 0 Å². The Bertz CT molecular complexity index is 885. The maximum Gasteiger partial charge on any atom is 0.238 e. The van der Waals surface area contributed by atoms with E-state index >= 15 is 0 Å². The highest BCUT2D eigenvalue weighted by Crippen LogP contribution is 2.20. The van der Waals surface area contributed by atoms with Crippen molar-refractivity contribution in [3.63, 3.8) is 0 Å². The first-order valence-corrected chi connectivity index (χ1v) is 8.00. The highest BCUT2D eigenvalue weighted by molar-refractivity contribution is 7.89. The number of aromatic amines is 1. The summed E-state index contributed by atoms with van der Waals surface area (Å²) in [4.78, 5) is 3.27. The topological polar surface area (TPSA) is 88.0 Å². The minimum absolute atomic E-state index is 0.104. The molecule has 0 bridgehead atoms. The minimum Gasteiger partial charge on any atom is -0.381 e. The molecule has 0 aliphatic carbocycles. The number of hydrogen-bond donors (Lipinski definition) is 3. The van der Waals surface area contributed by atoms with Crippen LogP contribution in [-0.4, -0.2) is 13.4 Å². The molecule has 0 aliphatic rings. The average molecular weight is 301 g/mol. The van der Waals surface area contributed by atoms with Crippen molar-refractivity contribution in [3.8, 4) is 0 Å². The molecule has 1 heterocycles. The van der Waals surface area contributed by atoms with E-state index in [1.54, 1.807) is 6.07 Å². The number of fused-ring (bicyclic) bond motifs is 1. The second kappa shape index (κ2) is 5.23. The number of benzene rings is 2. The molecule has 6 heteroatoms. The van der Waals surface area contributed by atoms with Gasteiger partial charge in [0.05, 0.1) is 4.90 Å². The van der Waals surface area contributed by atoms with Crippen LogP contribution >= 0.6 is 0 Å². The van der Waals surface area contributed by atoms with Gasteiger partial charge in [0.1, 0.15) is 0 Å². The number of aromatic nitrogens is 1. The Hall–Kier alpha value is -2.31. The predicted molar refractivity (Wildman–Crippen MR) is 83.4 cm³/mol. The number of primary sulfonamides is 1. The molecule has 0 unspecified atom stereocenters. The summed E-state index contributed by atoms with van der Waals surface area (Å²) in [6, 6.07) is 14.5. The lowest BCUT2D eigenvalue weighted by Gasteiger charge is -2.09. The summed E-state index contributed by atoms with van der Waals surface area (Å²) in [5.74, 6) is 0. The number of rotatable bonds is 4. The van der Waals surface area contributed by atoms with Crippen LogP contribution in [-0.2, 0) is 16.6 Å². The fourth-order valence-electron chi connectivity index (χ4n) is 2.28. The second-order valence-corrected chi connectivity index (χ2v) is 6.34. The van der Waals surface area contributed by atoms with Gasteiger partial charge < -0.3 is 10.3 Å². The van der Waals surface area contributed by atoms with Gasteiger partial charge in [0.15, 0.2) is 0 Å². The summed E-state index contributed by atoms with van der Waals surface area (Å²) in [5, 5.41) is 9.50. The van der Waals surface area contributed by atoms with Crippen LogP contribution in [0.2, 0.25) is 0 Å². The average Bonchev–Trinajstić information content (AvgIpc) is 2.93. The predicted octanol–water partition coefficient (Wildman–Crippen LogP) is 2.43. The van der Waals surface area contributed by atoms with Crippen LogP contribution in [0.15, 0.2) is 59.6 Å². The van der Waals surface area contributed by atoms with Gasteiger partial charge in [0, 0.05) is 29.3 Å². The molecule has 0 amide bonds. The number of hydrogen-bond acceptors (Lipinski definition) is 3. The zero-order valence-electron chi connectivity index (χ0n) is 11.2. The zero-order chi connectivity index (χ0) is 14.9. The SMILES string of the molecule is NS(=O)(=O)c1cccc(NCc2cccc3[nH]ccc23)c1. The van der Waals surface area contributed by atoms with Crippen LogP contribution in [0.5, 0.6) is 0 Å². The van der Waals surface area contributed by atoms with E-state index in [-0.39, 0.29) is 4.90 Å². The van der Waals surface area contributed by atoms with Crippen molar-refractivity contribution >= 4 is 26.6 Å². The van der Waals surface area contributed by atoms with Crippen LogP contribution in [0.3, 0.4) is 0 Å². The van der Waals surface area contributed by atoms with Crippen molar-refractivity contribution in [2.45, 2.75) is 11.4 Å². The third kappa shape index (κ3) is 2.91. The van der Waals surface area contributed by atoms with Crippen LogP contribution < -0.4 is 10.5 Å². The molecule has 3 aromatic rings. The number of nitrogens with one attached hydrogen (secondary N) is 2. The van der Waals surface area contributed by atoms with Gasteiger partial charge in [0.25, 0.3) is 0 Å². The number of H-pyrrole nitrogens is 1. The van der Waals surface area contributed by atoms with Crippen LogP contribution in [0.4, 0.5) is 5.69 Å². The number of sulfonamides is 1. The first-order chi connectivity index (χ1) is 10.0. The van der Waals surface area contributed by atoms with Crippen molar-refractivity contribution in [2.75, 3.05) is 5.32 Å². The van der Waals surface area contributed by atoms with Crippen molar-refractivity contribution in [1.82, 2.24) is 4.98 Å². The van der Waals surface area contributed by atoms with Crippen molar-refractivity contribution in [1.29, 1.82) is 0 Å². The summed E-state index contributed by atoms with van der Waals surface area (Å²) in [6.45, 7) is 0.600.